The van der Waals surface area contributed by atoms with Crippen LogP contribution in [0.4, 0.5) is 5.00 Å². The fourth-order valence-electron chi connectivity index (χ4n) is 0.833. The van der Waals surface area contributed by atoms with Crippen LogP contribution in [-0.2, 0) is 5.54 Å². The van der Waals surface area contributed by atoms with Gasteiger partial charge in [-0.1, -0.05) is 0 Å². The number of nitrogens with zero attached hydrogens (tertiary/aromatic N) is 2. The third-order valence-corrected chi connectivity index (χ3v) is 2.94. The van der Waals surface area contributed by atoms with Crippen molar-refractivity contribution >= 4 is 16.3 Å². The molecule has 0 aliphatic carbocycles. The quantitative estimate of drug-likeness (QED) is 0.581. The molecule has 0 saturated heterocycles. The van der Waals surface area contributed by atoms with Gasteiger partial charge >= 0.3 is 5.00 Å². The molecule has 1 heterocycles. The lowest BCUT2D eigenvalue weighted by Crippen LogP contribution is -2.28. The van der Waals surface area contributed by atoms with E-state index in [4.69, 9.17) is 5.73 Å². The molecule has 0 bridgehead atoms. The lowest BCUT2D eigenvalue weighted by Gasteiger charge is -2.13. The van der Waals surface area contributed by atoms with Crippen LogP contribution < -0.4 is 5.73 Å². The number of aromatic nitrogens is 1. The summed E-state index contributed by atoms with van der Waals surface area (Å²) in [6.45, 7) is 5.16. The molecule has 0 fully saturated rings. The molecule has 0 radical (unpaired) electrons. The first-order chi connectivity index (χ1) is 5.82. The van der Waals surface area contributed by atoms with Gasteiger partial charge < -0.3 is 5.73 Å². The summed E-state index contributed by atoms with van der Waals surface area (Å²) in [5, 5.41) is 11.2. The van der Waals surface area contributed by atoms with Gasteiger partial charge in [-0.05, 0) is 32.1 Å². The Labute approximate surface area is 79.7 Å². The van der Waals surface area contributed by atoms with Gasteiger partial charge in [0, 0.05) is 0 Å². The molecule has 1 aromatic rings. The Kier molecular flexibility index (Phi) is 2.36. The van der Waals surface area contributed by atoms with Gasteiger partial charge in [-0.2, -0.15) is 0 Å². The van der Waals surface area contributed by atoms with E-state index in [1.807, 2.05) is 0 Å². The van der Waals surface area contributed by atoms with Gasteiger partial charge in [0.25, 0.3) is 0 Å². The summed E-state index contributed by atoms with van der Waals surface area (Å²) in [5.41, 5.74) is 5.59. The molecule has 1 aromatic heterocycles. The summed E-state index contributed by atoms with van der Waals surface area (Å²) in [4.78, 5) is 14.1. The van der Waals surface area contributed by atoms with Crippen molar-refractivity contribution in [3.05, 3.63) is 20.8 Å². The molecule has 0 spiro atoms. The van der Waals surface area contributed by atoms with Crippen LogP contribution >= 0.6 is 11.3 Å². The molecule has 0 aliphatic rings. The molecule has 6 heteroatoms. The van der Waals surface area contributed by atoms with Crippen molar-refractivity contribution in [2.24, 2.45) is 5.73 Å². The number of rotatable bonds is 2. The second-order valence-electron chi connectivity index (χ2n) is 3.39. The molecule has 0 amide bonds. The van der Waals surface area contributed by atoms with E-state index in [0.29, 0.717) is 10.7 Å². The van der Waals surface area contributed by atoms with Crippen LogP contribution in [0.15, 0.2) is 0 Å². The third-order valence-electron chi connectivity index (χ3n) is 1.49. The average molecular weight is 201 g/mol. The Bertz CT molecular complexity index is 340. The second kappa shape index (κ2) is 3.04. The largest absolute Gasteiger partial charge is 0.346 e. The molecule has 72 valence electrons. The maximum absolute atomic E-state index is 10.5. The normalized spacial score (nSPS) is 11.7. The van der Waals surface area contributed by atoms with Gasteiger partial charge in [-0.15, -0.1) is 0 Å². The first-order valence-electron chi connectivity index (χ1n) is 3.73. The molecule has 5 nitrogen and oxygen atoms in total. The van der Waals surface area contributed by atoms with Gasteiger partial charge in [-0.3, -0.25) is 10.1 Å². The van der Waals surface area contributed by atoms with Gasteiger partial charge in [0.1, 0.15) is 10.7 Å². The van der Waals surface area contributed by atoms with Crippen LogP contribution in [0.2, 0.25) is 0 Å². The topological polar surface area (TPSA) is 82.0 Å². The van der Waals surface area contributed by atoms with Crippen molar-refractivity contribution in [3.8, 4) is 0 Å². The summed E-state index contributed by atoms with van der Waals surface area (Å²) in [6.07, 6.45) is 0. The van der Waals surface area contributed by atoms with Crippen LogP contribution in [0.1, 0.15) is 24.5 Å². The number of thiazole rings is 1. The Morgan fingerprint density at radius 1 is 1.62 bits per heavy atom. The molecule has 13 heavy (non-hydrogen) atoms. The Morgan fingerprint density at radius 2 is 2.15 bits per heavy atom. The maximum Gasteiger partial charge on any atom is 0.346 e. The minimum absolute atomic E-state index is 0.0773. The standard InChI is InChI=1S/C7H11N3O2S/c1-4-5(10(11)12)13-6(9-4)7(2,3)8/h8H2,1-3H3. The number of nitro groups is 1. The minimum atomic E-state index is -0.607. The highest BCUT2D eigenvalue weighted by molar-refractivity contribution is 7.15. The molecule has 0 saturated carbocycles. The third kappa shape index (κ3) is 2.02. The van der Waals surface area contributed by atoms with Crippen LogP contribution in [0.5, 0.6) is 0 Å². The molecule has 2 N–H and O–H groups in total. The summed E-state index contributed by atoms with van der Waals surface area (Å²) in [7, 11) is 0. The lowest BCUT2D eigenvalue weighted by molar-refractivity contribution is -0.380. The average Bonchev–Trinajstić information content (AvgIpc) is 2.29. The SMILES string of the molecule is Cc1nc(C(C)(C)N)sc1[N+](=O)[O-]. The zero-order valence-electron chi connectivity index (χ0n) is 7.70. The van der Waals surface area contributed by atoms with E-state index in [1.54, 1.807) is 20.8 Å². The lowest BCUT2D eigenvalue weighted by atomic mass is 10.1. The van der Waals surface area contributed by atoms with E-state index >= 15 is 0 Å². The van der Waals surface area contributed by atoms with E-state index in [9.17, 15) is 10.1 Å². The van der Waals surface area contributed by atoms with Crippen molar-refractivity contribution in [1.82, 2.24) is 4.98 Å². The first kappa shape index (κ1) is 10.1. The molecule has 0 unspecified atom stereocenters. The highest BCUT2D eigenvalue weighted by atomic mass is 32.1. The number of aryl methyl sites for hydroxylation is 1. The van der Waals surface area contributed by atoms with Crippen LogP contribution in [0.25, 0.3) is 0 Å². The van der Waals surface area contributed by atoms with Crippen molar-refractivity contribution in [1.29, 1.82) is 0 Å². The van der Waals surface area contributed by atoms with Crippen LogP contribution in [0, 0.1) is 17.0 Å². The first-order valence-corrected chi connectivity index (χ1v) is 4.55. The highest BCUT2D eigenvalue weighted by Gasteiger charge is 2.25. The smallest absolute Gasteiger partial charge is 0.320 e. The summed E-state index contributed by atoms with van der Waals surface area (Å²) >= 11 is 1.04. The van der Waals surface area contributed by atoms with Gasteiger partial charge in [0.05, 0.1) is 10.5 Å². The molecule has 0 atom stereocenters. The molecule has 1 rings (SSSR count). The van der Waals surface area contributed by atoms with Crippen molar-refractivity contribution in [2.75, 3.05) is 0 Å². The maximum atomic E-state index is 10.5. The second-order valence-corrected chi connectivity index (χ2v) is 4.37. The highest BCUT2D eigenvalue weighted by Crippen LogP contribution is 2.31. The van der Waals surface area contributed by atoms with Crippen LogP contribution in [-0.4, -0.2) is 9.91 Å². The summed E-state index contributed by atoms with van der Waals surface area (Å²) < 4.78 is 0. The predicted octanol–water partition coefficient (Wildman–Crippen LogP) is 1.55. The fourth-order valence-corrected chi connectivity index (χ4v) is 1.73. The number of hydrogen-bond acceptors (Lipinski definition) is 5. The minimum Gasteiger partial charge on any atom is -0.320 e. The molecular formula is C7H11N3O2S. The zero-order valence-corrected chi connectivity index (χ0v) is 8.51. The van der Waals surface area contributed by atoms with E-state index in [1.165, 1.54) is 0 Å². The number of nitrogens with two attached hydrogens (primary N) is 1. The zero-order chi connectivity index (χ0) is 10.2. The van der Waals surface area contributed by atoms with Crippen molar-refractivity contribution < 1.29 is 4.92 Å². The Morgan fingerprint density at radius 3 is 2.38 bits per heavy atom. The van der Waals surface area contributed by atoms with Gasteiger partial charge in [0.15, 0.2) is 0 Å². The van der Waals surface area contributed by atoms with Crippen molar-refractivity contribution in [2.45, 2.75) is 26.3 Å². The molecule has 0 aromatic carbocycles. The van der Waals surface area contributed by atoms with E-state index in [0.717, 1.165) is 11.3 Å². The van der Waals surface area contributed by atoms with E-state index in [-0.39, 0.29) is 5.00 Å². The van der Waals surface area contributed by atoms with Crippen LogP contribution in [0.3, 0.4) is 0 Å². The van der Waals surface area contributed by atoms with E-state index < -0.39 is 10.5 Å². The van der Waals surface area contributed by atoms with Gasteiger partial charge in [-0.25, -0.2) is 4.98 Å². The number of hydrogen-bond donors (Lipinski definition) is 1. The molecule has 0 aliphatic heterocycles. The summed E-state index contributed by atoms with van der Waals surface area (Å²) in [5.74, 6) is 0. The monoisotopic (exact) mass is 201 g/mol. The summed E-state index contributed by atoms with van der Waals surface area (Å²) in [6, 6.07) is 0. The predicted molar refractivity (Wildman–Crippen MR) is 50.7 cm³/mol. The van der Waals surface area contributed by atoms with E-state index in [2.05, 4.69) is 4.98 Å². The Balaban J connectivity index is 3.17. The molecular weight excluding hydrogens is 190 g/mol. The fraction of sp³-hybridized carbons (Fsp3) is 0.571. The Hall–Kier alpha value is -1.01. The van der Waals surface area contributed by atoms with Crippen molar-refractivity contribution in [3.63, 3.8) is 0 Å². The van der Waals surface area contributed by atoms with Gasteiger partial charge in [0.2, 0.25) is 0 Å².